The molecule has 5 rings (SSSR count). The maximum atomic E-state index is 14.6. The molecule has 0 bridgehead atoms. The van der Waals surface area contributed by atoms with Crippen LogP contribution in [0.2, 0.25) is 0 Å². The van der Waals surface area contributed by atoms with Gasteiger partial charge in [-0.3, -0.25) is 4.68 Å². The van der Waals surface area contributed by atoms with Crippen molar-refractivity contribution in [3.05, 3.63) is 72.1 Å². The second-order valence-electron chi connectivity index (χ2n) is 9.57. The summed E-state index contributed by atoms with van der Waals surface area (Å²) in [7, 11) is -0.507. The fourth-order valence-electron chi connectivity index (χ4n) is 4.43. The summed E-state index contributed by atoms with van der Waals surface area (Å²) in [6, 6.07) is 13.9. The molecule has 13 heteroatoms. The molecule has 1 saturated heterocycles. The molecule has 10 nitrogen and oxygen atoms in total. The van der Waals surface area contributed by atoms with E-state index in [9.17, 15) is 17.2 Å². The summed E-state index contributed by atoms with van der Waals surface area (Å²) in [6.07, 6.45) is -0.535. The number of piperazine rings is 1. The number of hydrogen-bond acceptors (Lipinski definition) is 8. The van der Waals surface area contributed by atoms with E-state index in [1.54, 1.807) is 50.4 Å². The van der Waals surface area contributed by atoms with Gasteiger partial charge in [-0.1, -0.05) is 24.3 Å². The molecule has 0 saturated carbocycles. The maximum absolute atomic E-state index is 14.6. The van der Waals surface area contributed by atoms with Crippen LogP contribution in [0.3, 0.4) is 0 Å². The van der Waals surface area contributed by atoms with Crippen molar-refractivity contribution in [2.45, 2.75) is 18.2 Å². The molecular weight excluding hydrogens is 540 g/mol. The Morgan fingerprint density at radius 3 is 2.30 bits per heavy atom. The summed E-state index contributed by atoms with van der Waals surface area (Å²) < 4.78 is 64.6. The molecule has 40 heavy (non-hydrogen) atoms. The van der Waals surface area contributed by atoms with Crippen molar-refractivity contribution in [1.82, 2.24) is 24.6 Å². The van der Waals surface area contributed by atoms with E-state index in [1.165, 1.54) is 10.9 Å². The first kappa shape index (κ1) is 27.5. The number of nitrogens with zero attached hydrogens (tertiary/aromatic N) is 6. The summed E-state index contributed by atoms with van der Waals surface area (Å²) in [4.78, 5) is 12.7. The normalized spacial score (nSPS) is 14.5. The first-order valence-corrected chi connectivity index (χ1v) is 14.1. The lowest BCUT2D eigenvalue weighted by Crippen LogP contribution is -2.44. The smallest absolute Gasteiger partial charge is 0.271 e. The van der Waals surface area contributed by atoms with Gasteiger partial charge in [0, 0.05) is 50.7 Å². The average molecular weight is 570 g/mol. The highest BCUT2D eigenvalue weighted by molar-refractivity contribution is 7.92. The number of benzene rings is 2. The van der Waals surface area contributed by atoms with Gasteiger partial charge in [0.05, 0.1) is 11.9 Å². The number of ether oxygens (including phenoxy) is 1. The predicted octanol–water partition coefficient (Wildman–Crippen LogP) is 4.47. The van der Waals surface area contributed by atoms with Gasteiger partial charge in [0.25, 0.3) is 16.4 Å². The molecule has 0 radical (unpaired) electrons. The van der Waals surface area contributed by atoms with Gasteiger partial charge in [0.1, 0.15) is 16.2 Å². The van der Waals surface area contributed by atoms with Gasteiger partial charge in [0.15, 0.2) is 0 Å². The Bertz CT molecular complexity index is 1600. The molecule has 4 aromatic rings. The maximum Gasteiger partial charge on any atom is 0.271 e. The molecule has 0 spiro atoms. The van der Waals surface area contributed by atoms with E-state index < -0.39 is 33.8 Å². The molecule has 1 fully saturated rings. The number of likely N-dealkylation sites (N-methyl/N-ethyl adjacent to an activating group) is 1. The molecule has 1 N–H and O–H groups in total. The Hall–Kier alpha value is -4.10. The lowest BCUT2D eigenvalue weighted by molar-refractivity contribution is 0.147. The number of nitrogens with one attached hydrogen (secondary N) is 1. The van der Waals surface area contributed by atoms with Gasteiger partial charge >= 0.3 is 0 Å². The average Bonchev–Trinajstić information content (AvgIpc) is 3.37. The second-order valence-corrected chi connectivity index (χ2v) is 11.3. The number of anilines is 2. The topological polar surface area (TPSA) is 105 Å². The van der Waals surface area contributed by atoms with Crippen molar-refractivity contribution in [1.29, 1.82) is 0 Å². The van der Waals surface area contributed by atoms with E-state index in [0.717, 1.165) is 38.1 Å². The minimum atomic E-state index is -4.16. The minimum Gasteiger partial charge on any atom is -0.438 e. The van der Waals surface area contributed by atoms with Crippen molar-refractivity contribution in [2.75, 3.05) is 42.8 Å². The third-order valence-corrected chi connectivity index (χ3v) is 7.95. The summed E-state index contributed by atoms with van der Waals surface area (Å²) in [5, 5.41) is 3.88. The highest BCUT2D eigenvalue weighted by Gasteiger charge is 2.28. The zero-order valence-electron chi connectivity index (χ0n) is 22.3. The zero-order chi connectivity index (χ0) is 28.4. The van der Waals surface area contributed by atoms with Crippen LogP contribution in [0.25, 0.3) is 11.3 Å². The molecule has 2 aromatic heterocycles. The highest BCUT2D eigenvalue weighted by Crippen LogP contribution is 2.40. The summed E-state index contributed by atoms with van der Waals surface area (Å²) >= 11 is 0. The monoisotopic (exact) mass is 569 g/mol. The van der Waals surface area contributed by atoms with Crippen LogP contribution in [0.15, 0.2) is 65.8 Å². The third-order valence-electron chi connectivity index (χ3n) is 6.67. The number of aromatic nitrogens is 4. The van der Waals surface area contributed by atoms with Crippen LogP contribution in [-0.2, 0) is 17.1 Å². The Labute approximate surface area is 231 Å². The van der Waals surface area contributed by atoms with Crippen LogP contribution < -0.4 is 14.4 Å². The number of rotatable bonds is 8. The predicted molar refractivity (Wildman–Crippen MR) is 147 cm³/mol. The lowest BCUT2D eigenvalue weighted by atomic mass is 10.0. The number of halogens is 2. The van der Waals surface area contributed by atoms with Crippen LogP contribution in [0.4, 0.5) is 20.4 Å². The van der Waals surface area contributed by atoms with E-state index in [2.05, 4.69) is 36.6 Å². The molecule has 1 aliphatic rings. The van der Waals surface area contributed by atoms with E-state index >= 15 is 0 Å². The van der Waals surface area contributed by atoms with E-state index in [4.69, 9.17) is 4.74 Å². The van der Waals surface area contributed by atoms with E-state index in [-0.39, 0.29) is 16.3 Å². The number of hydrogen-bond donors (Lipinski definition) is 1. The van der Waals surface area contributed by atoms with Crippen LogP contribution in [0.5, 0.6) is 11.6 Å². The van der Waals surface area contributed by atoms with Gasteiger partial charge in [0.2, 0.25) is 11.8 Å². The van der Waals surface area contributed by atoms with Crippen molar-refractivity contribution < 1.29 is 21.9 Å². The minimum absolute atomic E-state index is 0.129. The number of aryl methyl sites for hydroxylation is 2. The molecule has 2 aromatic carbocycles. The SMILES string of the molecule is Cc1ccccc1-c1nc(NS(=O)(=O)c2cnn(C)c2)nc(Oc2ccc(N3CCN(C)CC3)cc2)c1C(F)F. The quantitative estimate of drug-likeness (QED) is 0.332. The molecule has 210 valence electrons. The Kier molecular flexibility index (Phi) is 7.68. The fraction of sp³-hybridized carbons (Fsp3) is 0.296. The lowest BCUT2D eigenvalue weighted by Gasteiger charge is -2.34. The van der Waals surface area contributed by atoms with Gasteiger partial charge in [-0.25, -0.2) is 26.9 Å². The largest absolute Gasteiger partial charge is 0.438 e. The first-order valence-electron chi connectivity index (χ1n) is 12.6. The van der Waals surface area contributed by atoms with Gasteiger partial charge in [-0.2, -0.15) is 10.1 Å². The number of sulfonamides is 1. The summed E-state index contributed by atoms with van der Waals surface area (Å²) in [5.41, 5.74) is 1.39. The van der Waals surface area contributed by atoms with Crippen LogP contribution in [0, 0.1) is 6.92 Å². The van der Waals surface area contributed by atoms with Crippen molar-refractivity contribution in [3.8, 4) is 22.9 Å². The van der Waals surface area contributed by atoms with Crippen molar-refractivity contribution >= 4 is 21.7 Å². The summed E-state index contributed by atoms with van der Waals surface area (Å²) in [6.45, 7) is 5.38. The zero-order valence-corrected chi connectivity index (χ0v) is 23.1. The molecule has 1 aliphatic heterocycles. The molecule has 0 amide bonds. The molecule has 3 heterocycles. The molecular formula is C27H29F2N7O3S. The number of alkyl halides is 2. The van der Waals surface area contributed by atoms with Gasteiger partial charge < -0.3 is 14.5 Å². The van der Waals surface area contributed by atoms with Crippen LogP contribution >= 0.6 is 0 Å². The van der Waals surface area contributed by atoms with Crippen LogP contribution in [-0.4, -0.2) is 66.3 Å². The Balaban J connectivity index is 1.54. The van der Waals surface area contributed by atoms with E-state index in [1.807, 2.05) is 12.1 Å². The van der Waals surface area contributed by atoms with Gasteiger partial charge in [-0.15, -0.1) is 0 Å². The molecule has 0 unspecified atom stereocenters. The second kappa shape index (κ2) is 11.2. The molecule has 0 aliphatic carbocycles. The Morgan fingerprint density at radius 1 is 0.975 bits per heavy atom. The first-order chi connectivity index (χ1) is 19.1. The van der Waals surface area contributed by atoms with Crippen LogP contribution in [0.1, 0.15) is 17.6 Å². The van der Waals surface area contributed by atoms with Gasteiger partial charge in [-0.05, 0) is 43.8 Å². The standard InChI is InChI=1S/C27H29F2N7O3S/c1-18-6-4-5-7-22(18)24-23(25(28)29)26(32-27(31-24)33-40(37,38)21-16-30-35(3)17-21)39-20-10-8-19(9-11-20)36-14-12-34(2)13-15-36/h4-11,16-17,25H,12-15H2,1-3H3,(H,31,32,33). The fourth-order valence-corrected chi connectivity index (χ4v) is 5.36. The Morgan fingerprint density at radius 2 is 1.68 bits per heavy atom. The highest BCUT2D eigenvalue weighted by atomic mass is 32.2. The van der Waals surface area contributed by atoms with E-state index in [0.29, 0.717) is 11.1 Å². The summed E-state index contributed by atoms with van der Waals surface area (Å²) in [5.74, 6) is -0.578. The third kappa shape index (κ3) is 5.89. The molecule has 0 atom stereocenters. The van der Waals surface area contributed by atoms with Crippen molar-refractivity contribution in [3.63, 3.8) is 0 Å². The van der Waals surface area contributed by atoms with Crippen molar-refractivity contribution in [2.24, 2.45) is 7.05 Å².